The number of nitrogens with zero attached hydrogens (tertiary/aromatic N) is 2. The first-order chi connectivity index (χ1) is 14.2. The maximum absolute atomic E-state index is 12.9. The SMILES string of the molecule is O=C(CCc1nc(-c2ccc(-c3ccccc3)cc2)no1)Nc1ccc(F)cc1. The van der Waals surface area contributed by atoms with Crippen LogP contribution in [0.5, 0.6) is 0 Å². The Morgan fingerprint density at radius 1 is 0.862 bits per heavy atom. The molecule has 6 heteroatoms. The van der Waals surface area contributed by atoms with Crippen LogP contribution in [0.25, 0.3) is 22.5 Å². The molecule has 29 heavy (non-hydrogen) atoms. The number of amides is 1. The third-order valence-electron chi connectivity index (χ3n) is 4.41. The first-order valence-electron chi connectivity index (χ1n) is 9.21. The fourth-order valence-corrected chi connectivity index (χ4v) is 2.89. The van der Waals surface area contributed by atoms with Gasteiger partial charge in [0.1, 0.15) is 5.82 Å². The summed E-state index contributed by atoms with van der Waals surface area (Å²) in [5, 5.41) is 6.71. The number of nitrogens with one attached hydrogen (secondary N) is 1. The average molecular weight is 387 g/mol. The van der Waals surface area contributed by atoms with E-state index in [0.717, 1.165) is 16.7 Å². The largest absolute Gasteiger partial charge is 0.339 e. The molecule has 0 saturated heterocycles. The molecule has 4 aromatic rings. The Bertz CT molecular complexity index is 1090. The van der Waals surface area contributed by atoms with Gasteiger partial charge in [0.2, 0.25) is 17.6 Å². The monoisotopic (exact) mass is 387 g/mol. The summed E-state index contributed by atoms with van der Waals surface area (Å²) in [4.78, 5) is 16.4. The summed E-state index contributed by atoms with van der Waals surface area (Å²) in [7, 11) is 0. The highest BCUT2D eigenvalue weighted by Gasteiger charge is 2.11. The average Bonchev–Trinajstić information content (AvgIpc) is 3.24. The van der Waals surface area contributed by atoms with E-state index >= 15 is 0 Å². The molecule has 0 spiro atoms. The summed E-state index contributed by atoms with van der Waals surface area (Å²) in [6.07, 6.45) is 0.508. The lowest BCUT2D eigenvalue weighted by Crippen LogP contribution is -2.12. The lowest BCUT2D eigenvalue weighted by Gasteiger charge is -2.03. The van der Waals surface area contributed by atoms with Crippen molar-refractivity contribution in [2.24, 2.45) is 0 Å². The molecule has 0 aliphatic rings. The van der Waals surface area contributed by atoms with E-state index in [-0.39, 0.29) is 18.1 Å². The smallest absolute Gasteiger partial charge is 0.227 e. The molecule has 0 saturated carbocycles. The molecule has 0 fully saturated rings. The van der Waals surface area contributed by atoms with Crippen molar-refractivity contribution in [2.45, 2.75) is 12.8 Å². The molecule has 5 nitrogen and oxygen atoms in total. The minimum Gasteiger partial charge on any atom is -0.339 e. The maximum atomic E-state index is 12.9. The van der Waals surface area contributed by atoms with E-state index in [2.05, 4.69) is 27.6 Å². The molecule has 144 valence electrons. The molecule has 3 aromatic carbocycles. The van der Waals surface area contributed by atoms with Gasteiger partial charge < -0.3 is 9.84 Å². The fourth-order valence-electron chi connectivity index (χ4n) is 2.89. The third-order valence-corrected chi connectivity index (χ3v) is 4.41. The van der Waals surface area contributed by atoms with E-state index in [9.17, 15) is 9.18 Å². The van der Waals surface area contributed by atoms with Crippen molar-refractivity contribution in [3.05, 3.63) is 90.6 Å². The van der Waals surface area contributed by atoms with Gasteiger partial charge in [-0.2, -0.15) is 4.98 Å². The van der Waals surface area contributed by atoms with Crippen molar-refractivity contribution in [2.75, 3.05) is 5.32 Å². The van der Waals surface area contributed by atoms with Gasteiger partial charge in [-0.3, -0.25) is 4.79 Å². The van der Waals surface area contributed by atoms with Crippen LogP contribution >= 0.6 is 0 Å². The van der Waals surface area contributed by atoms with Gasteiger partial charge >= 0.3 is 0 Å². The van der Waals surface area contributed by atoms with Crippen LogP contribution in [0.2, 0.25) is 0 Å². The predicted octanol–water partition coefficient (Wildman–Crippen LogP) is 5.11. The number of aromatic nitrogens is 2. The summed E-state index contributed by atoms with van der Waals surface area (Å²) in [5.41, 5.74) is 3.63. The number of halogens is 1. The van der Waals surface area contributed by atoms with Crippen LogP contribution in [-0.2, 0) is 11.2 Å². The Morgan fingerprint density at radius 2 is 1.52 bits per heavy atom. The van der Waals surface area contributed by atoms with Gasteiger partial charge in [0.25, 0.3) is 0 Å². The van der Waals surface area contributed by atoms with E-state index in [1.54, 1.807) is 0 Å². The summed E-state index contributed by atoms with van der Waals surface area (Å²) in [6, 6.07) is 23.6. The normalized spacial score (nSPS) is 10.7. The van der Waals surface area contributed by atoms with Crippen molar-refractivity contribution >= 4 is 11.6 Å². The van der Waals surface area contributed by atoms with Gasteiger partial charge in [-0.25, -0.2) is 4.39 Å². The van der Waals surface area contributed by atoms with Gasteiger partial charge in [0.05, 0.1) is 0 Å². The molecule has 1 heterocycles. The van der Waals surface area contributed by atoms with Crippen LogP contribution < -0.4 is 5.32 Å². The molecule has 0 unspecified atom stereocenters. The molecule has 0 aliphatic carbocycles. The van der Waals surface area contributed by atoms with Crippen LogP contribution in [0.1, 0.15) is 12.3 Å². The highest BCUT2D eigenvalue weighted by molar-refractivity contribution is 5.90. The van der Waals surface area contributed by atoms with Crippen molar-refractivity contribution in [1.29, 1.82) is 0 Å². The molecule has 0 aliphatic heterocycles. The van der Waals surface area contributed by atoms with Crippen molar-refractivity contribution < 1.29 is 13.7 Å². The van der Waals surface area contributed by atoms with Gasteiger partial charge in [-0.15, -0.1) is 0 Å². The number of carbonyl (C=O) groups excluding carboxylic acids is 1. The molecule has 0 bridgehead atoms. The zero-order valence-corrected chi connectivity index (χ0v) is 15.5. The number of hydrogen-bond donors (Lipinski definition) is 1. The van der Waals surface area contributed by atoms with Crippen LogP contribution in [0.15, 0.2) is 83.4 Å². The minimum atomic E-state index is -0.349. The Hall–Kier alpha value is -3.80. The predicted molar refractivity (Wildman–Crippen MR) is 109 cm³/mol. The Balaban J connectivity index is 1.35. The van der Waals surface area contributed by atoms with Crippen LogP contribution in [0.3, 0.4) is 0 Å². The van der Waals surface area contributed by atoms with Crippen LogP contribution in [0, 0.1) is 5.82 Å². The van der Waals surface area contributed by atoms with Gasteiger partial charge in [-0.05, 0) is 35.4 Å². The molecule has 1 amide bonds. The van der Waals surface area contributed by atoms with Gasteiger partial charge in [-0.1, -0.05) is 59.8 Å². The van der Waals surface area contributed by atoms with Crippen LogP contribution in [-0.4, -0.2) is 16.0 Å². The zero-order chi connectivity index (χ0) is 20.1. The Morgan fingerprint density at radius 3 is 2.24 bits per heavy atom. The van der Waals surface area contributed by atoms with E-state index < -0.39 is 0 Å². The molecule has 4 rings (SSSR count). The van der Waals surface area contributed by atoms with Crippen LogP contribution in [0.4, 0.5) is 10.1 Å². The standard InChI is InChI=1S/C23H18FN3O2/c24-19-10-12-20(13-11-19)25-21(28)14-15-22-26-23(27-29-22)18-8-6-17(7-9-18)16-4-2-1-3-5-16/h1-13H,14-15H2,(H,25,28). The molecule has 0 atom stereocenters. The first kappa shape index (κ1) is 18.6. The number of benzene rings is 3. The minimum absolute atomic E-state index is 0.186. The number of aryl methyl sites for hydroxylation is 1. The second kappa shape index (κ2) is 8.48. The van der Waals surface area contributed by atoms with Gasteiger partial charge in [0, 0.05) is 24.1 Å². The highest BCUT2D eigenvalue weighted by Crippen LogP contribution is 2.23. The molecule has 1 aromatic heterocycles. The fraction of sp³-hybridized carbons (Fsp3) is 0.0870. The van der Waals surface area contributed by atoms with E-state index in [0.29, 0.717) is 23.8 Å². The summed E-state index contributed by atoms with van der Waals surface area (Å²) in [5.74, 6) is 0.321. The quantitative estimate of drug-likeness (QED) is 0.499. The zero-order valence-electron chi connectivity index (χ0n) is 15.5. The second-order valence-electron chi connectivity index (χ2n) is 6.51. The number of anilines is 1. The molecule has 1 N–H and O–H groups in total. The number of carbonyl (C=O) groups is 1. The number of rotatable bonds is 6. The summed E-state index contributed by atoms with van der Waals surface area (Å²) < 4.78 is 18.2. The first-order valence-corrected chi connectivity index (χ1v) is 9.21. The van der Waals surface area contributed by atoms with Crippen molar-refractivity contribution in [1.82, 2.24) is 10.1 Å². The van der Waals surface area contributed by atoms with E-state index in [1.165, 1.54) is 24.3 Å². The summed E-state index contributed by atoms with van der Waals surface area (Å²) >= 11 is 0. The molecule has 0 radical (unpaired) electrons. The van der Waals surface area contributed by atoms with Crippen molar-refractivity contribution in [3.63, 3.8) is 0 Å². The third kappa shape index (κ3) is 4.73. The maximum Gasteiger partial charge on any atom is 0.227 e. The second-order valence-corrected chi connectivity index (χ2v) is 6.51. The molecular weight excluding hydrogens is 369 g/mol. The van der Waals surface area contributed by atoms with E-state index in [1.807, 2.05) is 42.5 Å². The summed E-state index contributed by atoms with van der Waals surface area (Å²) in [6.45, 7) is 0. The lowest BCUT2D eigenvalue weighted by molar-refractivity contribution is -0.116. The van der Waals surface area contributed by atoms with E-state index in [4.69, 9.17) is 4.52 Å². The lowest BCUT2D eigenvalue weighted by atomic mass is 10.0. The molecular formula is C23H18FN3O2. The Kier molecular flexibility index (Phi) is 5.42. The van der Waals surface area contributed by atoms with Gasteiger partial charge in [0.15, 0.2) is 0 Å². The number of hydrogen-bond acceptors (Lipinski definition) is 4. The van der Waals surface area contributed by atoms with Crippen molar-refractivity contribution in [3.8, 4) is 22.5 Å². The highest BCUT2D eigenvalue weighted by atomic mass is 19.1. The topological polar surface area (TPSA) is 68.0 Å². The Labute approximate surface area is 167 Å².